The molecule has 3 rings (SSSR count). The SMILES string of the molecule is CC(NC(=O)C=Cc1c(-c2cc(Cl)ccc2Cl)nc2sc(C(F)(F)F)nn12)C(F)(F)F. The molecule has 1 unspecified atom stereocenters. The summed E-state index contributed by atoms with van der Waals surface area (Å²) in [4.78, 5) is 15.8. The van der Waals surface area contributed by atoms with Gasteiger partial charge in [-0.05, 0) is 31.2 Å². The summed E-state index contributed by atoms with van der Waals surface area (Å²) < 4.78 is 77.8. The molecule has 1 N–H and O–H groups in total. The molecular weight excluding hydrogens is 493 g/mol. The third-order valence-corrected chi connectivity index (χ3v) is 5.42. The lowest BCUT2D eigenvalue weighted by Gasteiger charge is -2.15. The number of halogens is 8. The monoisotopic (exact) mass is 502 g/mol. The van der Waals surface area contributed by atoms with Crippen molar-refractivity contribution in [2.45, 2.75) is 25.3 Å². The second-order valence-corrected chi connectivity index (χ2v) is 7.97. The molecule has 1 aromatic carbocycles. The molecule has 0 aliphatic heterocycles. The first-order valence-corrected chi connectivity index (χ1v) is 9.82. The Hall–Kier alpha value is -2.31. The summed E-state index contributed by atoms with van der Waals surface area (Å²) >= 11 is 12.4. The average Bonchev–Trinajstić information content (AvgIpc) is 3.19. The van der Waals surface area contributed by atoms with Crippen LogP contribution in [0.4, 0.5) is 26.3 Å². The van der Waals surface area contributed by atoms with Crippen molar-refractivity contribution in [3.05, 3.63) is 45.0 Å². The van der Waals surface area contributed by atoms with Crippen LogP contribution in [-0.2, 0) is 11.0 Å². The number of nitrogens with zero attached hydrogens (tertiary/aromatic N) is 3. The third-order valence-electron chi connectivity index (χ3n) is 3.91. The van der Waals surface area contributed by atoms with Crippen LogP contribution in [0.1, 0.15) is 17.6 Å². The first-order chi connectivity index (χ1) is 14.3. The summed E-state index contributed by atoms with van der Waals surface area (Å²) in [5.74, 6) is -1.12. The van der Waals surface area contributed by atoms with Crippen LogP contribution in [0.15, 0.2) is 24.3 Å². The Kier molecular flexibility index (Phi) is 6.27. The van der Waals surface area contributed by atoms with Crippen LogP contribution >= 0.6 is 34.5 Å². The van der Waals surface area contributed by atoms with Gasteiger partial charge in [0.15, 0.2) is 0 Å². The number of alkyl halides is 6. The fraction of sp³-hybridized carbons (Fsp3) is 0.235. The van der Waals surface area contributed by atoms with Crippen LogP contribution < -0.4 is 5.32 Å². The van der Waals surface area contributed by atoms with Crippen molar-refractivity contribution in [1.29, 1.82) is 0 Å². The van der Waals surface area contributed by atoms with Gasteiger partial charge in [0, 0.05) is 16.7 Å². The van der Waals surface area contributed by atoms with Gasteiger partial charge in [0.1, 0.15) is 11.7 Å². The average molecular weight is 503 g/mol. The second-order valence-electron chi connectivity index (χ2n) is 6.17. The van der Waals surface area contributed by atoms with Gasteiger partial charge in [-0.3, -0.25) is 4.79 Å². The van der Waals surface area contributed by atoms with Crippen LogP contribution in [0.5, 0.6) is 0 Å². The largest absolute Gasteiger partial charge is 0.445 e. The summed E-state index contributed by atoms with van der Waals surface area (Å²) in [5, 5.41) is 4.41. The summed E-state index contributed by atoms with van der Waals surface area (Å²) in [6, 6.07) is 2.19. The van der Waals surface area contributed by atoms with E-state index in [2.05, 4.69) is 10.1 Å². The van der Waals surface area contributed by atoms with Gasteiger partial charge in [-0.2, -0.15) is 26.3 Å². The van der Waals surface area contributed by atoms with E-state index in [1.165, 1.54) is 18.2 Å². The number of imidazole rings is 1. The van der Waals surface area contributed by atoms with Crippen molar-refractivity contribution in [3.63, 3.8) is 0 Å². The molecule has 0 bridgehead atoms. The molecular formula is C17H10Cl2F6N4OS. The minimum Gasteiger partial charge on any atom is -0.341 e. The minimum absolute atomic E-state index is 0.0490. The highest BCUT2D eigenvalue weighted by molar-refractivity contribution is 7.16. The molecule has 1 amide bonds. The molecule has 0 fully saturated rings. The number of rotatable bonds is 4. The molecule has 166 valence electrons. The van der Waals surface area contributed by atoms with Gasteiger partial charge in [0.2, 0.25) is 15.9 Å². The lowest BCUT2D eigenvalue weighted by Crippen LogP contribution is -2.42. The lowest BCUT2D eigenvalue weighted by molar-refractivity contribution is -0.156. The molecule has 3 aromatic rings. The zero-order valence-electron chi connectivity index (χ0n) is 15.1. The first-order valence-electron chi connectivity index (χ1n) is 8.25. The maximum absolute atomic E-state index is 13.0. The first kappa shape index (κ1) is 23.4. The van der Waals surface area contributed by atoms with E-state index < -0.39 is 29.3 Å². The fourth-order valence-electron chi connectivity index (χ4n) is 2.40. The Balaban J connectivity index is 2.09. The number of hydrogen-bond donors (Lipinski definition) is 1. The van der Waals surface area contributed by atoms with Crippen molar-refractivity contribution >= 4 is 51.5 Å². The van der Waals surface area contributed by atoms with Crippen LogP contribution in [-0.4, -0.2) is 32.7 Å². The Morgan fingerprint density at radius 2 is 1.90 bits per heavy atom. The number of hydrogen-bond acceptors (Lipinski definition) is 4. The zero-order valence-corrected chi connectivity index (χ0v) is 17.5. The highest BCUT2D eigenvalue weighted by Crippen LogP contribution is 2.37. The predicted molar refractivity (Wildman–Crippen MR) is 104 cm³/mol. The van der Waals surface area contributed by atoms with E-state index in [9.17, 15) is 31.1 Å². The van der Waals surface area contributed by atoms with Gasteiger partial charge in [0.25, 0.3) is 0 Å². The molecule has 14 heteroatoms. The molecule has 0 saturated carbocycles. The number of carbonyl (C=O) groups is 1. The quantitative estimate of drug-likeness (QED) is 0.358. The van der Waals surface area contributed by atoms with Gasteiger partial charge in [-0.25, -0.2) is 9.50 Å². The van der Waals surface area contributed by atoms with E-state index in [0.29, 0.717) is 0 Å². The van der Waals surface area contributed by atoms with Gasteiger partial charge >= 0.3 is 12.4 Å². The van der Waals surface area contributed by atoms with E-state index in [0.717, 1.165) is 23.6 Å². The number of aromatic nitrogens is 3. The highest BCUT2D eigenvalue weighted by Gasteiger charge is 2.37. The van der Waals surface area contributed by atoms with Crippen LogP contribution in [0.25, 0.3) is 22.3 Å². The van der Waals surface area contributed by atoms with Crippen molar-refractivity contribution < 1.29 is 31.1 Å². The topological polar surface area (TPSA) is 59.3 Å². The minimum atomic E-state index is -4.74. The number of fused-ring (bicyclic) bond motifs is 1. The van der Waals surface area contributed by atoms with Crippen LogP contribution in [0, 0.1) is 0 Å². The molecule has 1 atom stereocenters. The maximum atomic E-state index is 13.0. The standard InChI is InChI=1S/C17H10Cl2F6N4OS/c1-7(16(20,21)22)26-12(30)5-4-11-13(9-6-8(18)2-3-10(9)19)27-15-29(11)28-14(31-15)17(23,24)25/h2-7H,1H3,(H,26,30). The van der Waals surface area contributed by atoms with Crippen LogP contribution in [0.2, 0.25) is 10.0 Å². The summed E-state index contributed by atoms with van der Waals surface area (Å²) in [5.41, 5.74) is 0.192. The summed E-state index contributed by atoms with van der Waals surface area (Å²) in [6.45, 7) is 0.746. The molecule has 0 spiro atoms. The molecule has 0 radical (unpaired) electrons. The van der Waals surface area contributed by atoms with Crippen molar-refractivity contribution in [2.24, 2.45) is 0 Å². The Morgan fingerprint density at radius 3 is 2.52 bits per heavy atom. The van der Waals surface area contributed by atoms with Gasteiger partial charge < -0.3 is 5.32 Å². The molecule has 2 aromatic heterocycles. The summed E-state index contributed by atoms with van der Waals surface area (Å²) in [7, 11) is 0. The summed E-state index contributed by atoms with van der Waals surface area (Å²) in [6.07, 6.45) is -7.66. The van der Waals surface area contributed by atoms with E-state index >= 15 is 0 Å². The molecule has 0 aliphatic rings. The van der Waals surface area contributed by atoms with Crippen molar-refractivity contribution in [1.82, 2.24) is 19.9 Å². The zero-order chi connectivity index (χ0) is 23.1. The fourth-order valence-corrected chi connectivity index (χ4v) is 3.56. The van der Waals surface area contributed by atoms with E-state index in [-0.39, 0.29) is 43.3 Å². The molecule has 0 aliphatic carbocycles. The Bertz CT molecular complexity index is 1170. The number of nitrogens with one attached hydrogen (secondary N) is 1. The second kappa shape index (κ2) is 8.32. The Labute approximate surface area is 184 Å². The Morgan fingerprint density at radius 1 is 1.23 bits per heavy atom. The lowest BCUT2D eigenvalue weighted by atomic mass is 10.1. The third kappa shape index (κ3) is 5.13. The normalized spacial score (nSPS) is 13.8. The number of carbonyl (C=O) groups excluding carboxylic acids is 1. The molecule has 2 heterocycles. The van der Waals surface area contributed by atoms with Gasteiger partial charge in [0.05, 0.1) is 10.7 Å². The van der Waals surface area contributed by atoms with Crippen molar-refractivity contribution in [2.75, 3.05) is 0 Å². The number of amides is 1. The highest BCUT2D eigenvalue weighted by atomic mass is 35.5. The predicted octanol–water partition coefficient (Wildman–Crippen LogP) is 5.86. The van der Waals surface area contributed by atoms with Gasteiger partial charge in [-0.15, -0.1) is 5.10 Å². The molecule has 5 nitrogen and oxygen atoms in total. The van der Waals surface area contributed by atoms with Gasteiger partial charge in [-0.1, -0.05) is 34.5 Å². The number of benzene rings is 1. The van der Waals surface area contributed by atoms with Crippen LogP contribution in [0.3, 0.4) is 0 Å². The van der Waals surface area contributed by atoms with E-state index in [1.54, 1.807) is 5.32 Å². The van der Waals surface area contributed by atoms with Crippen molar-refractivity contribution in [3.8, 4) is 11.3 Å². The molecule has 0 saturated heterocycles. The maximum Gasteiger partial charge on any atom is 0.445 e. The molecule has 31 heavy (non-hydrogen) atoms. The smallest absolute Gasteiger partial charge is 0.341 e. The van der Waals surface area contributed by atoms with E-state index in [4.69, 9.17) is 23.2 Å². The van der Waals surface area contributed by atoms with E-state index in [1.807, 2.05) is 0 Å².